The lowest BCUT2D eigenvalue weighted by Gasteiger charge is -2.33. The minimum Gasteiger partial charge on any atom is -0.481 e. The number of ether oxygens (including phenoxy) is 2. The Morgan fingerprint density at radius 1 is 1.32 bits per heavy atom. The fourth-order valence-corrected chi connectivity index (χ4v) is 1.93. The van der Waals surface area contributed by atoms with Crippen molar-refractivity contribution in [2.24, 2.45) is 11.3 Å². The molecule has 1 amide bonds. The molecule has 2 N–H and O–H groups in total. The summed E-state index contributed by atoms with van der Waals surface area (Å²) < 4.78 is 10.6. The van der Waals surface area contributed by atoms with Gasteiger partial charge in [0, 0.05) is 6.54 Å². The highest BCUT2D eigenvalue weighted by Crippen LogP contribution is 2.27. The smallest absolute Gasteiger partial charge is 0.313 e. The summed E-state index contributed by atoms with van der Waals surface area (Å²) in [6, 6.07) is 0. The van der Waals surface area contributed by atoms with Crippen LogP contribution in [0.1, 0.15) is 40.5 Å². The Morgan fingerprint density at radius 2 is 1.95 bits per heavy atom. The summed E-state index contributed by atoms with van der Waals surface area (Å²) >= 11 is 0. The van der Waals surface area contributed by atoms with Gasteiger partial charge in [0.1, 0.15) is 12.0 Å². The first-order valence-corrected chi connectivity index (χ1v) is 7.48. The average molecular weight is 317 g/mol. The van der Waals surface area contributed by atoms with Crippen LogP contribution < -0.4 is 5.32 Å². The highest BCUT2D eigenvalue weighted by Gasteiger charge is 2.41. The molecule has 0 heterocycles. The van der Waals surface area contributed by atoms with Gasteiger partial charge in [-0.2, -0.15) is 0 Å². The van der Waals surface area contributed by atoms with Crippen LogP contribution in [0.5, 0.6) is 0 Å². The van der Waals surface area contributed by atoms with Crippen molar-refractivity contribution in [1.29, 1.82) is 0 Å². The number of amides is 1. The standard InChI is InChI=1S/C15H27NO6/c1-5-6-12(15(4,14(19)20)9-16-10-17)21-7-8-22-13(18)11(2)3/h10-12H,5-9H2,1-4H3,(H,16,17)(H,19,20)/t12?,15-/m1/s1. The van der Waals surface area contributed by atoms with Gasteiger partial charge in [-0.1, -0.05) is 27.2 Å². The molecule has 1 unspecified atom stereocenters. The summed E-state index contributed by atoms with van der Waals surface area (Å²) in [5.41, 5.74) is -1.24. The normalized spacial score (nSPS) is 15.0. The van der Waals surface area contributed by atoms with Crippen molar-refractivity contribution in [2.75, 3.05) is 19.8 Å². The van der Waals surface area contributed by atoms with Gasteiger partial charge in [-0.05, 0) is 13.3 Å². The molecule has 22 heavy (non-hydrogen) atoms. The molecule has 2 atom stereocenters. The van der Waals surface area contributed by atoms with Gasteiger partial charge in [0.2, 0.25) is 6.41 Å². The molecule has 0 saturated carbocycles. The fraction of sp³-hybridized carbons (Fsp3) is 0.800. The summed E-state index contributed by atoms with van der Waals surface area (Å²) in [4.78, 5) is 33.3. The van der Waals surface area contributed by atoms with E-state index in [2.05, 4.69) is 5.32 Å². The molecule has 0 aromatic heterocycles. The third kappa shape index (κ3) is 6.43. The van der Waals surface area contributed by atoms with Crippen LogP contribution in [0.4, 0.5) is 0 Å². The molecule has 0 aliphatic carbocycles. The van der Waals surface area contributed by atoms with E-state index in [1.807, 2.05) is 6.92 Å². The number of carbonyl (C=O) groups is 3. The van der Waals surface area contributed by atoms with Gasteiger partial charge in [-0.3, -0.25) is 14.4 Å². The first-order valence-electron chi connectivity index (χ1n) is 7.48. The summed E-state index contributed by atoms with van der Waals surface area (Å²) in [6.45, 7) is 7.09. The van der Waals surface area contributed by atoms with Crippen molar-refractivity contribution in [3.63, 3.8) is 0 Å². The van der Waals surface area contributed by atoms with Gasteiger partial charge in [-0.15, -0.1) is 0 Å². The van der Waals surface area contributed by atoms with E-state index in [9.17, 15) is 19.5 Å². The van der Waals surface area contributed by atoms with Crippen LogP contribution in [0.25, 0.3) is 0 Å². The Balaban J connectivity index is 4.63. The van der Waals surface area contributed by atoms with Crippen molar-refractivity contribution in [3.8, 4) is 0 Å². The van der Waals surface area contributed by atoms with Gasteiger partial charge in [-0.25, -0.2) is 0 Å². The molecule has 0 aliphatic heterocycles. The second-order valence-electron chi connectivity index (χ2n) is 5.69. The molecular formula is C15H27NO6. The Hall–Kier alpha value is -1.63. The number of hydrogen-bond donors (Lipinski definition) is 2. The average Bonchev–Trinajstić information content (AvgIpc) is 2.47. The molecule has 0 aliphatic rings. The summed E-state index contributed by atoms with van der Waals surface area (Å²) in [5, 5.41) is 11.9. The molecule has 0 saturated heterocycles. The van der Waals surface area contributed by atoms with E-state index < -0.39 is 17.5 Å². The summed E-state index contributed by atoms with van der Waals surface area (Å²) in [6.07, 6.45) is 1.15. The first kappa shape index (κ1) is 20.4. The molecule has 0 fully saturated rings. The molecule has 0 spiro atoms. The maximum atomic E-state index is 11.6. The predicted molar refractivity (Wildman–Crippen MR) is 80.3 cm³/mol. The maximum Gasteiger partial charge on any atom is 0.313 e. The minimum absolute atomic E-state index is 0.0255. The molecule has 0 radical (unpaired) electrons. The SMILES string of the molecule is CCCC(OCCOC(=O)C(C)C)[C@@](C)(CNC=O)C(=O)O. The first-order chi connectivity index (χ1) is 10.3. The van der Waals surface area contributed by atoms with E-state index in [0.717, 1.165) is 6.42 Å². The lowest BCUT2D eigenvalue weighted by molar-refractivity contribution is -0.162. The number of carboxylic acids is 1. The fourth-order valence-electron chi connectivity index (χ4n) is 1.93. The van der Waals surface area contributed by atoms with Crippen molar-refractivity contribution < 1.29 is 29.0 Å². The molecular weight excluding hydrogens is 290 g/mol. The maximum absolute atomic E-state index is 11.6. The number of carbonyl (C=O) groups excluding carboxylic acids is 2. The lowest BCUT2D eigenvalue weighted by atomic mass is 9.81. The quantitative estimate of drug-likeness (QED) is 0.319. The number of esters is 1. The van der Waals surface area contributed by atoms with Crippen LogP contribution in [0.3, 0.4) is 0 Å². The Bertz CT molecular complexity index is 371. The van der Waals surface area contributed by atoms with E-state index >= 15 is 0 Å². The van der Waals surface area contributed by atoms with Gasteiger partial charge < -0.3 is 19.9 Å². The zero-order chi connectivity index (χ0) is 17.2. The lowest BCUT2D eigenvalue weighted by Crippen LogP contribution is -2.48. The van der Waals surface area contributed by atoms with Crippen LogP contribution in [0.2, 0.25) is 0 Å². The molecule has 0 aromatic rings. The molecule has 0 rings (SSSR count). The van der Waals surface area contributed by atoms with Gasteiger partial charge in [0.15, 0.2) is 0 Å². The number of aliphatic carboxylic acids is 1. The van der Waals surface area contributed by atoms with E-state index in [4.69, 9.17) is 9.47 Å². The Morgan fingerprint density at radius 3 is 2.41 bits per heavy atom. The van der Waals surface area contributed by atoms with Gasteiger partial charge >= 0.3 is 11.9 Å². The minimum atomic E-state index is -1.24. The number of nitrogens with one attached hydrogen (secondary N) is 1. The molecule has 0 aromatic carbocycles. The number of hydrogen-bond acceptors (Lipinski definition) is 5. The van der Waals surface area contributed by atoms with E-state index in [1.165, 1.54) is 6.92 Å². The molecule has 7 heteroatoms. The zero-order valence-electron chi connectivity index (χ0n) is 13.8. The second-order valence-corrected chi connectivity index (χ2v) is 5.69. The second kappa shape index (κ2) is 10.2. The number of rotatable bonds is 12. The van der Waals surface area contributed by atoms with Crippen LogP contribution in [-0.2, 0) is 23.9 Å². The topological polar surface area (TPSA) is 102 Å². The van der Waals surface area contributed by atoms with E-state index in [0.29, 0.717) is 12.8 Å². The highest BCUT2D eigenvalue weighted by molar-refractivity contribution is 5.75. The third-order valence-electron chi connectivity index (χ3n) is 3.42. The third-order valence-corrected chi connectivity index (χ3v) is 3.42. The monoisotopic (exact) mass is 317 g/mol. The van der Waals surface area contributed by atoms with Crippen LogP contribution >= 0.6 is 0 Å². The molecule has 0 bridgehead atoms. The van der Waals surface area contributed by atoms with Crippen molar-refractivity contribution >= 4 is 18.3 Å². The van der Waals surface area contributed by atoms with Crippen LogP contribution in [-0.4, -0.2) is 49.3 Å². The number of carboxylic acid groups (broad SMARTS) is 1. The Labute approximate surface area is 131 Å². The van der Waals surface area contributed by atoms with Crippen molar-refractivity contribution in [1.82, 2.24) is 5.32 Å². The van der Waals surface area contributed by atoms with Crippen LogP contribution in [0, 0.1) is 11.3 Å². The summed E-state index contributed by atoms with van der Waals surface area (Å²) in [7, 11) is 0. The van der Waals surface area contributed by atoms with Crippen molar-refractivity contribution in [2.45, 2.75) is 46.6 Å². The highest BCUT2D eigenvalue weighted by atomic mass is 16.6. The zero-order valence-corrected chi connectivity index (χ0v) is 13.8. The van der Waals surface area contributed by atoms with E-state index in [-0.39, 0.29) is 31.6 Å². The Kier molecular flexibility index (Phi) is 9.40. The van der Waals surface area contributed by atoms with Gasteiger partial charge in [0.25, 0.3) is 0 Å². The largest absolute Gasteiger partial charge is 0.481 e. The molecule has 128 valence electrons. The van der Waals surface area contributed by atoms with Gasteiger partial charge in [0.05, 0.1) is 18.6 Å². The molecule has 7 nitrogen and oxygen atoms in total. The summed E-state index contributed by atoms with van der Waals surface area (Å²) in [5.74, 6) is -1.58. The van der Waals surface area contributed by atoms with Crippen molar-refractivity contribution in [3.05, 3.63) is 0 Å². The van der Waals surface area contributed by atoms with E-state index in [1.54, 1.807) is 13.8 Å². The van der Waals surface area contributed by atoms with Crippen LogP contribution in [0.15, 0.2) is 0 Å². The predicted octanol–water partition coefficient (Wildman–Crippen LogP) is 1.21.